The normalized spacial score (nSPS) is 25.5. The number of likely N-dealkylation sites (N-methyl/N-ethyl adjacent to an activating group) is 1. The SMILES string of the molecule is CN1CC(C)(c2cccc(N)c2)OC1=O. The summed E-state index contributed by atoms with van der Waals surface area (Å²) in [4.78, 5) is 12.9. The van der Waals surface area contributed by atoms with Gasteiger partial charge in [0.25, 0.3) is 0 Å². The van der Waals surface area contributed by atoms with Gasteiger partial charge < -0.3 is 15.4 Å². The number of nitrogens with zero attached hydrogens (tertiary/aromatic N) is 1. The minimum absolute atomic E-state index is 0.292. The van der Waals surface area contributed by atoms with Crippen molar-refractivity contribution < 1.29 is 9.53 Å². The van der Waals surface area contributed by atoms with Gasteiger partial charge >= 0.3 is 6.09 Å². The maximum Gasteiger partial charge on any atom is 0.410 e. The second kappa shape index (κ2) is 3.15. The van der Waals surface area contributed by atoms with E-state index >= 15 is 0 Å². The molecule has 1 aliphatic rings. The van der Waals surface area contributed by atoms with Crippen LogP contribution in [-0.4, -0.2) is 24.6 Å². The number of rotatable bonds is 1. The highest BCUT2D eigenvalue weighted by Gasteiger charge is 2.40. The Labute approximate surface area is 88.6 Å². The zero-order valence-corrected chi connectivity index (χ0v) is 8.86. The van der Waals surface area contributed by atoms with E-state index in [9.17, 15) is 4.79 Å². The Morgan fingerprint density at radius 2 is 2.27 bits per heavy atom. The van der Waals surface area contributed by atoms with Crippen LogP contribution in [0.2, 0.25) is 0 Å². The number of carbonyl (C=O) groups is 1. The highest BCUT2D eigenvalue weighted by Crippen LogP contribution is 2.32. The number of benzene rings is 1. The van der Waals surface area contributed by atoms with Crippen LogP contribution in [0.4, 0.5) is 10.5 Å². The number of anilines is 1. The van der Waals surface area contributed by atoms with Crippen LogP contribution in [0.25, 0.3) is 0 Å². The molecular weight excluding hydrogens is 192 g/mol. The van der Waals surface area contributed by atoms with E-state index in [0.29, 0.717) is 12.2 Å². The Hall–Kier alpha value is -1.71. The van der Waals surface area contributed by atoms with E-state index in [1.807, 2.05) is 31.2 Å². The van der Waals surface area contributed by atoms with Crippen LogP contribution in [0.1, 0.15) is 12.5 Å². The quantitative estimate of drug-likeness (QED) is 0.709. The monoisotopic (exact) mass is 206 g/mol. The molecule has 0 spiro atoms. The Morgan fingerprint density at radius 3 is 2.80 bits per heavy atom. The number of carbonyl (C=O) groups excluding carboxylic acids is 1. The number of nitrogen functional groups attached to an aromatic ring is 1. The van der Waals surface area contributed by atoms with E-state index in [0.717, 1.165) is 5.56 Å². The first-order valence-corrected chi connectivity index (χ1v) is 4.81. The van der Waals surface area contributed by atoms with Gasteiger partial charge in [-0.15, -0.1) is 0 Å². The van der Waals surface area contributed by atoms with Crippen LogP contribution in [0.3, 0.4) is 0 Å². The van der Waals surface area contributed by atoms with E-state index < -0.39 is 5.60 Å². The van der Waals surface area contributed by atoms with Crippen molar-refractivity contribution in [3.8, 4) is 0 Å². The predicted molar refractivity (Wildman–Crippen MR) is 57.3 cm³/mol. The number of amides is 1. The predicted octanol–water partition coefficient (Wildman–Crippen LogP) is 1.57. The average Bonchev–Trinajstić information content (AvgIpc) is 2.42. The maximum absolute atomic E-state index is 11.3. The molecule has 0 aliphatic carbocycles. The Kier molecular flexibility index (Phi) is 2.07. The maximum atomic E-state index is 11.3. The van der Waals surface area contributed by atoms with Crippen molar-refractivity contribution in [2.24, 2.45) is 0 Å². The van der Waals surface area contributed by atoms with E-state index in [2.05, 4.69) is 0 Å². The van der Waals surface area contributed by atoms with Gasteiger partial charge in [-0.05, 0) is 24.6 Å². The lowest BCUT2D eigenvalue weighted by Crippen LogP contribution is -2.27. The molecule has 15 heavy (non-hydrogen) atoms. The summed E-state index contributed by atoms with van der Waals surface area (Å²) in [6.45, 7) is 2.44. The first-order valence-electron chi connectivity index (χ1n) is 4.81. The number of cyclic esters (lactones) is 1. The molecule has 1 aliphatic heterocycles. The smallest absolute Gasteiger partial charge is 0.410 e. The molecule has 1 atom stereocenters. The van der Waals surface area contributed by atoms with Crippen molar-refractivity contribution in [2.75, 3.05) is 19.3 Å². The van der Waals surface area contributed by atoms with Gasteiger partial charge in [-0.2, -0.15) is 0 Å². The van der Waals surface area contributed by atoms with Gasteiger partial charge in [0, 0.05) is 12.7 Å². The standard InChI is InChI=1S/C11H14N2O2/c1-11(7-13(2)10(14)15-11)8-4-3-5-9(12)6-8/h3-6H,7,12H2,1-2H3. The lowest BCUT2D eigenvalue weighted by Gasteiger charge is -2.22. The van der Waals surface area contributed by atoms with Crippen LogP contribution in [0, 0.1) is 0 Å². The topological polar surface area (TPSA) is 55.6 Å². The lowest BCUT2D eigenvalue weighted by atomic mass is 9.96. The molecule has 2 N–H and O–H groups in total. The first kappa shape index (κ1) is 9.83. The summed E-state index contributed by atoms with van der Waals surface area (Å²) in [7, 11) is 1.72. The minimum Gasteiger partial charge on any atom is -0.436 e. The van der Waals surface area contributed by atoms with Crippen molar-refractivity contribution in [3.63, 3.8) is 0 Å². The van der Waals surface area contributed by atoms with Gasteiger partial charge in [0.2, 0.25) is 0 Å². The summed E-state index contributed by atoms with van der Waals surface area (Å²) in [6, 6.07) is 7.44. The largest absolute Gasteiger partial charge is 0.436 e. The molecule has 2 rings (SSSR count). The summed E-state index contributed by atoms with van der Waals surface area (Å²) in [5.74, 6) is 0. The third-order valence-electron chi connectivity index (χ3n) is 2.66. The second-order valence-electron chi connectivity index (χ2n) is 4.08. The van der Waals surface area contributed by atoms with E-state index in [1.54, 1.807) is 11.9 Å². The number of hydrogen-bond donors (Lipinski definition) is 1. The molecule has 4 nitrogen and oxygen atoms in total. The zero-order chi connectivity index (χ0) is 11.1. The van der Waals surface area contributed by atoms with Gasteiger partial charge in [-0.25, -0.2) is 4.79 Å². The van der Waals surface area contributed by atoms with Crippen LogP contribution in [-0.2, 0) is 10.3 Å². The molecule has 1 saturated heterocycles. The Morgan fingerprint density at radius 1 is 1.53 bits per heavy atom. The van der Waals surface area contributed by atoms with Gasteiger partial charge in [0.05, 0.1) is 6.54 Å². The number of nitrogens with two attached hydrogens (primary N) is 1. The van der Waals surface area contributed by atoms with E-state index in [4.69, 9.17) is 10.5 Å². The molecule has 1 aromatic rings. The second-order valence-corrected chi connectivity index (χ2v) is 4.08. The van der Waals surface area contributed by atoms with Gasteiger partial charge in [0.15, 0.2) is 5.60 Å². The van der Waals surface area contributed by atoms with Crippen LogP contribution in [0.15, 0.2) is 24.3 Å². The molecule has 1 amide bonds. The molecule has 0 bridgehead atoms. The molecule has 1 fully saturated rings. The van der Waals surface area contributed by atoms with Crippen molar-refractivity contribution in [1.82, 2.24) is 4.90 Å². The highest BCUT2D eigenvalue weighted by atomic mass is 16.6. The summed E-state index contributed by atoms with van der Waals surface area (Å²) < 4.78 is 5.33. The van der Waals surface area contributed by atoms with Crippen molar-refractivity contribution in [3.05, 3.63) is 29.8 Å². The zero-order valence-electron chi connectivity index (χ0n) is 8.86. The van der Waals surface area contributed by atoms with Crippen molar-refractivity contribution >= 4 is 11.8 Å². The summed E-state index contributed by atoms with van der Waals surface area (Å²) >= 11 is 0. The third kappa shape index (κ3) is 1.63. The summed E-state index contributed by atoms with van der Waals surface area (Å²) in [5.41, 5.74) is 6.73. The minimum atomic E-state index is -0.582. The molecule has 0 aromatic heterocycles. The van der Waals surface area contributed by atoms with Crippen molar-refractivity contribution in [2.45, 2.75) is 12.5 Å². The number of ether oxygens (including phenoxy) is 1. The molecule has 1 unspecified atom stereocenters. The average molecular weight is 206 g/mol. The summed E-state index contributed by atoms with van der Waals surface area (Å²) in [6.07, 6.45) is -0.292. The van der Waals surface area contributed by atoms with Gasteiger partial charge in [-0.1, -0.05) is 12.1 Å². The molecular formula is C11H14N2O2. The number of hydrogen-bond acceptors (Lipinski definition) is 3. The fourth-order valence-corrected chi connectivity index (χ4v) is 1.84. The van der Waals surface area contributed by atoms with Crippen LogP contribution >= 0.6 is 0 Å². The van der Waals surface area contributed by atoms with E-state index in [1.165, 1.54) is 0 Å². The Balaban J connectivity index is 2.35. The van der Waals surface area contributed by atoms with Crippen LogP contribution < -0.4 is 5.73 Å². The molecule has 0 saturated carbocycles. The van der Waals surface area contributed by atoms with E-state index in [-0.39, 0.29) is 6.09 Å². The van der Waals surface area contributed by atoms with Gasteiger partial charge in [-0.3, -0.25) is 0 Å². The van der Waals surface area contributed by atoms with Gasteiger partial charge in [0.1, 0.15) is 0 Å². The molecule has 4 heteroatoms. The Bertz CT molecular complexity index is 405. The molecule has 0 radical (unpaired) electrons. The van der Waals surface area contributed by atoms with Crippen molar-refractivity contribution in [1.29, 1.82) is 0 Å². The lowest BCUT2D eigenvalue weighted by molar-refractivity contribution is 0.0702. The third-order valence-corrected chi connectivity index (χ3v) is 2.66. The molecule has 1 heterocycles. The fourth-order valence-electron chi connectivity index (χ4n) is 1.84. The first-order chi connectivity index (χ1) is 7.01. The molecule has 80 valence electrons. The van der Waals surface area contributed by atoms with Crippen LogP contribution in [0.5, 0.6) is 0 Å². The summed E-state index contributed by atoms with van der Waals surface area (Å²) in [5, 5.41) is 0. The molecule has 1 aromatic carbocycles. The fraction of sp³-hybridized carbons (Fsp3) is 0.364. The highest BCUT2D eigenvalue weighted by molar-refractivity contribution is 5.70.